The van der Waals surface area contributed by atoms with Gasteiger partial charge in [-0.15, -0.1) is 0 Å². The van der Waals surface area contributed by atoms with Gasteiger partial charge in [-0.1, -0.05) is 45.1 Å². The first-order valence-corrected chi connectivity index (χ1v) is 6.16. The maximum Gasteiger partial charge on any atom is 0.331 e. The van der Waals surface area contributed by atoms with Crippen molar-refractivity contribution in [3.63, 3.8) is 0 Å². The van der Waals surface area contributed by atoms with E-state index in [2.05, 4.69) is 6.92 Å². The van der Waals surface area contributed by atoms with E-state index >= 15 is 0 Å². The van der Waals surface area contributed by atoms with Crippen LogP contribution in [0.4, 0.5) is 0 Å². The number of carboxylic acid groups (broad SMARTS) is 1. The minimum absolute atomic E-state index is 0.625. The molecule has 0 saturated heterocycles. The Bertz CT molecular complexity index is 231. The molecule has 0 aromatic carbocycles. The minimum Gasteiger partial charge on any atom is -0.478 e. The summed E-state index contributed by atoms with van der Waals surface area (Å²) in [6.07, 6.45) is 11.3. The molecule has 0 aliphatic heterocycles. The van der Waals surface area contributed by atoms with Crippen LogP contribution in [0, 0.1) is 5.92 Å². The Morgan fingerprint density at radius 1 is 1.47 bits per heavy atom. The van der Waals surface area contributed by atoms with E-state index in [1.165, 1.54) is 32.1 Å². The zero-order valence-corrected chi connectivity index (χ0v) is 9.67. The van der Waals surface area contributed by atoms with Crippen molar-refractivity contribution in [2.24, 2.45) is 5.92 Å². The lowest BCUT2D eigenvalue weighted by molar-refractivity contribution is -0.132. The molecule has 15 heavy (non-hydrogen) atoms. The molecular weight excluding hydrogens is 188 g/mol. The third-order valence-corrected chi connectivity index (χ3v) is 3.26. The number of hydrogen-bond acceptors (Lipinski definition) is 1. The predicted octanol–water partition coefficient (Wildman–Crippen LogP) is 3.77. The average molecular weight is 210 g/mol. The van der Waals surface area contributed by atoms with E-state index in [4.69, 9.17) is 5.11 Å². The number of rotatable bonds is 6. The van der Waals surface area contributed by atoms with Gasteiger partial charge in [0.25, 0.3) is 0 Å². The van der Waals surface area contributed by atoms with E-state index in [9.17, 15) is 4.79 Å². The van der Waals surface area contributed by atoms with E-state index in [1.54, 1.807) is 0 Å². The molecule has 1 N–H and O–H groups in total. The van der Waals surface area contributed by atoms with Crippen LogP contribution in [-0.4, -0.2) is 11.1 Å². The topological polar surface area (TPSA) is 37.3 Å². The van der Waals surface area contributed by atoms with Crippen molar-refractivity contribution in [2.75, 3.05) is 0 Å². The van der Waals surface area contributed by atoms with Gasteiger partial charge in [0.15, 0.2) is 0 Å². The van der Waals surface area contributed by atoms with E-state index < -0.39 is 5.97 Å². The van der Waals surface area contributed by atoms with Gasteiger partial charge in [0, 0.05) is 5.57 Å². The summed E-state index contributed by atoms with van der Waals surface area (Å²) in [4.78, 5) is 10.7. The SMILES string of the molecule is CCCCCC[C@H]1CC=C(C(=O)O)CC1. The molecule has 0 spiro atoms. The van der Waals surface area contributed by atoms with Crippen LogP contribution in [0.2, 0.25) is 0 Å². The van der Waals surface area contributed by atoms with Gasteiger partial charge in [0.1, 0.15) is 0 Å². The van der Waals surface area contributed by atoms with Crippen molar-refractivity contribution in [3.05, 3.63) is 11.6 Å². The Balaban J connectivity index is 2.17. The van der Waals surface area contributed by atoms with Gasteiger partial charge < -0.3 is 5.11 Å². The Hall–Kier alpha value is -0.790. The van der Waals surface area contributed by atoms with Gasteiger partial charge in [0.2, 0.25) is 0 Å². The van der Waals surface area contributed by atoms with Gasteiger partial charge in [-0.3, -0.25) is 0 Å². The fraction of sp³-hybridized carbons (Fsp3) is 0.769. The first-order valence-electron chi connectivity index (χ1n) is 6.16. The van der Waals surface area contributed by atoms with Gasteiger partial charge in [-0.05, 0) is 25.2 Å². The molecule has 2 heteroatoms. The molecule has 0 radical (unpaired) electrons. The maximum atomic E-state index is 10.7. The Morgan fingerprint density at radius 2 is 2.27 bits per heavy atom. The summed E-state index contributed by atoms with van der Waals surface area (Å²) in [5.41, 5.74) is 0.625. The van der Waals surface area contributed by atoms with Crippen LogP contribution in [-0.2, 0) is 4.79 Å². The first kappa shape index (κ1) is 12.3. The van der Waals surface area contributed by atoms with Gasteiger partial charge in [-0.2, -0.15) is 0 Å². The Labute approximate surface area is 92.4 Å². The highest BCUT2D eigenvalue weighted by Gasteiger charge is 2.17. The summed E-state index contributed by atoms with van der Waals surface area (Å²) in [5, 5.41) is 8.80. The molecule has 0 unspecified atom stereocenters. The summed E-state index contributed by atoms with van der Waals surface area (Å²) in [6, 6.07) is 0. The third kappa shape index (κ3) is 4.50. The minimum atomic E-state index is -0.723. The van der Waals surface area contributed by atoms with Crippen molar-refractivity contribution in [3.8, 4) is 0 Å². The maximum absolute atomic E-state index is 10.7. The predicted molar refractivity (Wildman–Crippen MR) is 61.8 cm³/mol. The Kier molecular flexibility index (Phi) is 5.44. The van der Waals surface area contributed by atoms with Crippen LogP contribution in [0.1, 0.15) is 58.3 Å². The molecule has 0 aromatic heterocycles. The summed E-state index contributed by atoms with van der Waals surface area (Å²) < 4.78 is 0. The van der Waals surface area contributed by atoms with Crippen molar-refractivity contribution in [1.29, 1.82) is 0 Å². The number of carboxylic acids is 1. The van der Waals surface area contributed by atoms with Gasteiger partial charge >= 0.3 is 5.97 Å². The van der Waals surface area contributed by atoms with Gasteiger partial charge in [0.05, 0.1) is 0 Å². The van der Waals surface area contributed by atoms with Crippen LogP contribution in [0.15, 0.2) is 11.6 Å². The monoisotopic (exact) mass is 210 g/mol. The van der Waals surface area contributed by atoms with E-state index in [0.717, 1.165) is 25.2 Å². The van der Waals surface area contributed by atoms with E-state index in [-0.39, 0.29) is 0 Å². The van der Waals surface area contributed by atoms with Crippen LogP contribution >= 0.6 is 0 Å². The average Bonchev–Trinajstić information content (AvgIpc) is 2.25. The summed E-state index contributed by atoms with van der Waals surface area (Å²) in [5.74, 6) is 0.0180. The van der Waals surface area contributed by atoms with Crippen molar-refractivity contribution >= 4 is 5.97 Å². The molecule has 1 atom stereocenters. The number of unbranched alkanes of at least 4 members (excludes halogenated alkanes) is 3. The smallest absolute Gasteiger partial charge is 0.331 e. The molecule has 86 valence electrons. The molecular formula is C13H22O2. The highest BCUT2D eigenvalue weighted by atomic mass is 16.4. The highest BCUT2D eigenvalue weighted by Crippen LogP contribution is 2.27. The molecule has 0 amide bonds. The van der Waals surface area contributed by atoms with Crippen LogP contribution in [0.3, 0.4) is 0 Å². The van der Waals surface area contributed by atoms with Crippen molar-refractivity contribution in [1.82, 2.24) is 0 Å². The summed E-state index contributed by atoms with van der Waals surface area (Å²) in [6.45, 7) is 2.22. The fourth-order valence-electron chi connectivity index (χ4n) is 2.20. The second-order valence-electron chi connectivity index (χ2n) is 4.52. The van der Waals surface area contributed by atoms with E-state index in [0.29, 0.717) is 5.57 Å². The molecule has 0 saturated carbocycles. The molecule has 2 nitrogen and oxygen atoms in total. The van der Waals surface area contributed by atoms with Crippen LogP contribution < -0.4 is 0 Å². The lowest BCUT2D eigenvalue weighted by Gasteiger charge is -2.19. The lowest BCUT2D eigenvalue weighted by Crippen LogP contribution is -2.10. The zero-order valence-electron chi connectivity index (χ0n) is 9.67. The highest BCUT2D eigenvalue weighted by molar-refractivity contribution is 5.86. The largest absolute Gasteiger partial charge is 0.478 e. The molecule has 0 heterocycles. The molecule has 1 aliphatic rings. The number of carbonyl (C=O) groups is 1. The lowest BCUT2D eigenvalue weighted by atomic mass is 9.86. The summed E-state index contributed by atoms with van der Waals surface area (Å²) >= 11 is 0. The van der Waals surface area contributed by atoms with Crippen molar-refractivity contribution in [2.45, 2.75) is 58.3 Å². The van der Waals surface area contributed by atoms with Crippen LogP contribution in [0.5, 0.6) is 0 Å². The number of allylic oxidation sites excluding steroid dienone is 1. The van der Waals surface area contributed by atoms with Crippen molar-refractivity contribution < 1.29 is 9.90 Å². The quantitative estimate of drug-likeness (QED) is 0.678. The third-order valence-electron chi connectivity index (χ3n) is 3.26. The number of aliphatic carboxylic acids is 1. The molecule has 0 bridgehead atoms. The van der Waals surface area contributed by atoms with E-state index in [1.807, 2.05) is 6.08 Å². The Morgan fingerprint density at radius 3 is 2.80 bits per heavy atom. The van der Waals surface area contributed by atoms with Gasteiger partial charge in [-0.25, -0.2) is 4.79 Å². The molecule has 1 aliphatic carbocycles. The number of hydrogen-bond donors (Lipinski definition) is 1. The molecule has 0 fully saturated rings. The second-order valence-corrected chi connectivity index (χ2v) is 4.52. The zero-order chi connectivity index (χ0) is 11.1. The summed E-state index contributed by atoms with van der Waals surface area (Å²) in [7, 11) is 0. The van der Waals surface area contributed by atoms with Crippen LogP contribution in [0.25, 0.3) is 0 Å². The fourth-order valence-corrected chi connectivity index (χ4v) is 2.20. The first-order chi connectivity index (χ1) is 7.24. The molecule has 1 rings (SSSR count). The normalized spacial score (nSPS) is 21.1. The second kappa shape index (κ2) is 6.65. The molecule has 0 aromatic rings. The standard InChI is InChI=1S/C13H22O2/c1-2-3-4-5-6-11-7-9-12(10-8-11)13(14)15/h9,11H,2-8,10H2,1H3,(H,14,15)/t11-/m0/s1.